The van der Waals surface area contributed by atoms with Crippen molar-refractivity contribution in [3.8, 4) is 11.4 Å². The number of nitrogens with zero attached hydrogens (tertiary/aromatic N) is 3. The average molecular weight is 303 g/mol. The van der Waals surface area contributed by atoms with Gasteiger partial charge in [-0.15, -0.1) is 0 Å². The molecule has 0 fully saturated rings. The number of unbranched alkanes of at least 4 members (excludes halogenated alkanes) is 1. The lowest BCUT2D eigenvalue weighted by molar-refractivity contribution is 0.0265. The molecule has 0 aliphatic heterocycles. The van der Waals surface area contributed by atoms with E-state index in [9.17, 15) is 0 Å². The summed E-state index contributed by atoms with van der Waals surface area (Å²) in [5.74, 6) is 0. The first-order valence-corrected chi connectivity index (χ1v) is 8.18. The molecule has 4 nitrogen and oxygen atoms in total. The highest BCUT2D eigenvalue weighted by atomic mass is 16.5. The van der Waals surface area contributed by atoms with E-state index in [1.165, 1.54) is 0 Å². The molecule has 4 heteroatoms. The van der Waals surface area contributed by atoms with Crippen molar-refractivity contribution < 1.29 is 4.74 Å². The largest absolute Gasteiger partial charge is 0.360 e. The van der Waals surface area contributed by atoms with Crippen LogP contribution in [0.25, 0.3) is 11.4 Å². The molecule has 1 atom stereocenters. The van der Waals surface area contributed by atoms with Gasteiger partial charge in [0, 0.05) is 12.8 Å². The molecule has 0 aromatic carbocycles. The van der Waals surface area contributed by atoms with Crippen LogP contribution < -0.4 is 0 Å². The summed E-state index contributed by atoms with van der Waals surface area (Å²) in [5.41, 5.74) is 4.15. The standard InChI is InChI=1S/C16H23N3O.C2H6/c1-5-6-10-15(20-4)19-16(12(2)11-17-19)14-9-7-8-13(3)18-14;1-2/h7-9,11,15H,5-6,10H2,1-4H3;1-2H3. The zero-order chi connectivity index (χ0) is 16.5. The minimum absolute atomic E-state index is 0.0269. The van der Waals surface area contributed by atoms with Gasteiger partial charge in [0.15, 0.2) is 6.23 Å². The summed E-state index contributed by atoms with van der Waals surface area (Å²) < 4.78 is 7.58. The smallest absolute Gasteiger partial charge is 0.150 e. The molecule has 0 N–H and O–H groups in total. The van der Waals surface area contributed by atoms with E-state index < -0.39 is 0 Å². The molecule has 22 heavy (non-hydrogen) atoms. The lowest BCUT2D eigenvalue weighted by Gasteiger charge is -2.18. The number of rotatable bonds is 6. The number of pyridine rings is 1. The second-order valence-corrected chi connectivity index (χ2v) is 5.12. The molecule has 0 saturated heterocycles. The Morgan fingerprint density at radius 3 is 2.55 bits per heavy atom. The van der Waals surface area contributed by atoms with E-state index in [-0.39, 0.29) is 6.23 Å². The predicted octanol–water partition coefficient (Wildman–Crippen LogP) is 4.92. The van der Waals surface area contributed by atoms with Gasteiger partial charge in [0.1, 0.15) is 0 Å². The van der Waals surface area contributed by atoms with Crippen LogP contribution in [0.5, 0.6) is 0 Å². The number of ether oxygens (including phenoxy) is 1. The van der Waals surface area contributed by atoms with Crippen LogP contribution in [0.15, 0.2) is 24.4 Å². The topological polar surface area (TPSA) is 39.9 Å². The number of aryl methyl sites for hydroxylation is 2. The van der Waals surface area contributed by atoms with Crippen molar-refractivity contribution in [1.29, 1.82) is 0 Å². The van der Waals surface area contributed by atoms with E-state index in [2.05, 4.69) is 23.9 Å². The summed E-state index contributed by atoms with van der Waals surface area (Å²) >= 11 is 0. The van der Waals surface area contributed by atoms with Crippen molar-refractivity contribution in [2.75, 3.05) is 7.11 Å². The van der Waals surface area contributed by atoms with Gasteiger partial charge in [0.25, 0.3) is 0 Å². The highest BCUT2D eigenvalue weighted by molar-refractivity contribution is 5.58. The maximum absolute atomic E-state index is 5.62. The molecule has 2 aromatic rings. The molecule has 0 aliphatic carbocycles. The molecule has 0 saturated carbocycles. The molecule has 2 aromatic heterocycles. The predicted molar refractivity (Wildman–Crippen MR) is 91.9 cm³/mol. The van der Waals surface area contributed by atoms with Crippen LogP contribution in [-0.2, 0) is 4.74 Å². The van der Waals surface area contributed by atoms with Gasteiger partial charge in [0.05, 0.1) is 17.6 Å². The normalized spacial score (nSPS) is 11.7. The zero-order valence-electron chi connectivity index (χ0n) is 14.8. The summed E-state index contributed by atoms with van der Waals surface area (Å²) in [7, 11) is 1.74. The maximum atomic E-state index is 5.62. The summed E-state index contributed by atoms with van der Waals surface area (Å²) in [6.07, 6.45) is 5.10. The Bertz CT molecular complexity index is 563. The monoisotopic (exact) mass is 303 g/mol. The van der Waals surface area contributed by atoms with Crippen LogP contribution in [0.4, 0.5) is 0 Å². The summed E-state index contributed by atoms with van der Waals surface area (Å²) in [5, 5.41) is 4.50. The molecule has 1 unspecified atom stereocenters. The van der Waals surface area contributed by atoms with Crippen molar-refractivity contribution in [3.05, 3.63) is 35.7 Å². The van der Waals surface area contributed by atoms with Gasteiger partial charge in [-0.2, -0.15) is 5.10 Å². The van der Waals surface area contributed by atoms with Crippen molar-refractivity contribution in [2.24, 2.45) is 0 Å². The Balaban J connectivity index is 0.00000116. The Labute approximate surface area is 134 Å². The first-order valence-electron chi connectivity index (χ1n) is 8.18. The molecule has 122 valence electrons. The molecular weight excluding hydrogens is 274 g/mol. The molecule has 2 heterocycles. The zero-order valence-corrected chi connectivity index (χ0v) is 14.8. The Kier molecular flexibility index (Phi) is 7.82. The van der Waals surface area contributed by atoms with Gasteiger partial charge in [-0.25, -0.2) is 4.68 Å². The minimum Gasteiger partial charge on any atom is -0.360 e. The molecule has 0 radical (unpaired) electrons. The van der Waals surface area contributed by atoms with E-state index in [0.29, 0.717) is 0 Å². The summed E-state index contributed by atoms with van der Waals surface area (Å²) in [6, 6.07) is 6.06. The molecule has 2 rings (SSSR count). The quantitative estimate of drug-likeness (QED) is 0.760. The lowest BCUT2D eigenvalue weighted by Crippen LogP contribution is -2.14. The molecular formula is C18H29N3O. The van der Waals surface area contributed by atoms with Crippen LogP contribution in [0.3, 0.4) is 0 Å². The Morgan fingerprint density at radius 2 is 1.95 bits per heavy atom. The van der Waals surface area contributed by atoms with E-state index in [0.717, 1.165) is 41.9 Å². The van der Waals surface area contributed by atoms with Gasteiger partial charge >= 0.3 is 0 Å². The highest BCUT2D eigenvalue weighted by Gasteiger charge is 2.18. The number of methoxy groups -OCH3 is 1. The fraction of sp³-hybridized carbons (Fsp3) is 0.556. The molecule has 0 amide bonds. The third kappa shape index (κ3) is 4.41. The number of aromatic nitrogens is 3. The van der Waals surface area contributed by atoms with Crippen LogP contribution in [0.1, 0.15) is 57.5 Å². The lowest BCUT2D eigenvalue weighted by atomic mass is 10.1. The summed E-state index contributed by atoms with van der Waals surface area (Å²) in [4.78, 5) is 4.62. The summed E-state index contributed by atoms with van der Waals surface area (Å²) in [6.45, 7) is 10.3. The van der Waals surface area contributed by atoms with Gasteiger partial charge in [0.2, 0.25) is 0 Å². The molecule has 0 spiro atoms. The fourth-order valence-electron chi connectivity index (χ4n) is 2.38. The van der Waals surface area contributed by atoms with E-state index >= 15 is 0 Å². The first-order chi connectivity index (χ1) is 10.7. The number of hydrogen-bond acceptors (Lipinski definition) is 3. The van der Waals surface area contributed by atoms with Crippen LogP contribution in [0.2, 0.25) is 0 Å². The van der Waals surface area contributed by atoms with E-state index in [1.807, 2.05) is 49.8 Å². The van der Waals surface area contributed by atoms with Crippen molar-refractivity contribution in [2.45, 2.75) is 60.1 Å². The Morgan fingerprint density at radius 1 is 1.23 bits per heavy atom. The van der Waals surface area contributed by atoms with E-state index in [4.69, 9.17) is 4.74 Å². The van der Waals surface area contributed by atoms with Crippen molar-refractivity contribution in [3.63, 3.8) is 0 Å². The van der Waals surface area contributed by atoms with Gasteiger partial charge in [-0.1, -0.05) is 33.3 Å². The number of hydrogen-bond donors (Lipinski definition) is 0. The van der Waals surface area contributed by atoms with Gasteiger partial charge < -0.3 is 4.74 Å². The minimum atomic E-state index is -0.0269. The molecule has 0 aliphatic rings. The van der Waals surface area contributed by atoms with Gasteiger partial charge in [-0.05, 0) is 44.4 Å². The van der Waals surface area contributed by atoms with Crippen molar-refractivity contribution >= 4 is 0 Å². The Hall–Kier alpha value is -1.68. The van der Waals surface area contributed by atoms with E-state index in [1.54, 1.807) is 7.11 Å². The fourth-order valence-corrected chi connectivity index (χ4v) is 2.38. The third-order valence-corrected chi connectivity index (χ3v) is 3.46. The van der Waals surface area contributed by atoms with Crippen LogP contribution in [-0.4, -0.2) is 21.9 Å². The van der Waals surface area contributed by atoms with Crippen LogP contribution >= 0.6 is 0 Å². The second kappa shape index (κ2) is 9.36. The first kappa shape index (κ1) is 18.4. The maximum Gasteiger partial charge on any atom is 0.150 e. The highest BCUT2D eigenvalue weighted by Crippen LogP contribution is 2.27. The SMILES string of the molecule is CC.CCCCC(OC)n1ncc(C)c1-c1cccc(C)n1. The molecule has 0 bridgehead atoms. The van der Waals surface area contributed by atoms with Crippen molar-refractivity contribution in [1.82, 2.24) is 14.8 Å². The average Bonchev–Trinajstić information content (AvgIpc) is 2.92. The van der Waals surface area contributed by atoms with Gasteiger partial charge in [-0.3, -0.25) is 4.98 Å². The third-order valence-electron chi connectivity index (χ3n) is 3.46. The second-order valence-electron chi connectivity index (χ2n) is 5.12. The van der Waals surface area contributed by atoms with Crippen LogP contribution in [0, 0.1) is 13.8 Å².